The Labute approximate surface area is 122 Å². The highest BCUT2D eigenvalue weighted by Crippen LogP contribution is 2.15. The summed E-state index contributed by atoms with van der Waals surface area (Å²) in [6.07, 6.45) is 3.18. The molecule has 0 saturated carbocycles. The van der Waals surface area contributed by atoms with Gasteiger partial charge in [0.15, 0.2) is 0 Å². The van der Waals surface area contributed by atoms with Crippen LogP contribution in [0.2, 0.25) is 5.15 Å². The van der Waals surface area contributed by atoms with Crippen LogP contribution in [-0.2, 0) is 6.54 Å². The zero-order chi connectivity index (χ0) is 14.4. The van der Waals surface area contributed by atoms with Gasteiger partial charge in [0.2, 0.25) is 5.88 Å². The van der Waals surface area contributed by atoms with E-state index >= 15 is 0 Å². The van der Waals surface area contributed by atoms with Crippen LogP contribution in [-0.4, -0.2) is 22.5 Å². The lowest BCUT2D eigenvalue weighted by atomic mass is 10.2. The molecular weight excluding hydrogens is 278 g/mol. The zero-order valence-corrected chi connectivity index (χ0v) is 11.7. The first-order valence-corrected chi connectivity index (χ1v) is 6.55. The molecule has 6 heteroatoms. The third-order valence-electron chi connectivity index (χ3n) is 2.57. The van der Waals surface area contributed by atoms with Crippen LogP contribution in [0, 0.1) is 0 Å². The van der Waals surface area contributed by atoms with Gasteiger partial charge in [0.25, 0.3) is 5.91 Å². The molecule has 0 unspecified atom stereocenters. The summed E-state index contributed by atoms with van der Waals surface area (Å²) in [6, 6.07) is 6.93. The highest BCUT2D eigenvalue weighted by atomic mass is 35.5. The van der Waals surface area contributed by atoms with Crippen LogP contribution in [0.25, 0.3) is 0 Å². The van der Waals surface area contributed by atoms with Crippen molar-refractivity contribution in [2.45, 2.75) is 13.5 Å². The van der Waals surface area contributed by atoms with Gasteiger partial charge in [0.05, 0.1) is 12.2 Å². The first kappa shape index (κ1) is 14.3. The second-order valence-corrected chi connectivity index (χ2v) is 4.28. The fraction of sp³-hybridized carbons (Fsp3) is 0.214. The van der Waals surface area contributed by atoms with Gasteiger partial charge in [-0.05, 0) is 25.1 Å². The Morgan fingerprint density at radius 3 is 2.80 bits per heavy atom. The first-order chi connectivity index (χ1) is 9.72. The molecule has 0 atom stereocenters. The van der Waals surface area contributed by atoms with Crippen LogP contribution in [0.3, 0.4) is 0 Å². The number of nitrogens with zero attached hydrogens (tertiary/aromatic N) is 2. The van der Waals surface area contributed by atoms with Gasteiger partial charge in [-0.3, -0.25) is 4.79 Å². The summed E-state index contributed by atoms with van der Waals surface area (Å²) in [6.45, 7) is 2.71. The van der Waals surface area contributed by atoms with Crippen molar-refractivity contribution in [2.24, 2.45) is 0 Å². The van der Waals surface area contributed by atoms with Crippen molar-refractivity contribution < 1.29 is 9.53 Å². The van der Waals surface area contributed by atoms with Gasteiger partial charge in [-0.15, -0.1) is 0 Å². The molecular formula is C14H14ClN3O2. The summed E-state index contributed by atoms with van der Waals surface area (Å²) in [5.74, 6) is 0.238. The number of amides is 1. The van der Waals surface area contributed by atoms with Crippen LogP contribution in [0.15, 0.2) is 36.7 Å². The molecule has 0 spiro atoms. The van der Waals surface area contributed by atoms with Gasteiger partial charge >= 0.3 is 0 Å². The number of halogens is 1. The smallest absolute Gasteiger partial charge is 0.254 e. The number of pyridine rings is 2. The number of ether oxygens (including phenoxy) is 1. The normalized spacial score (nSPS) is 10.1. The predicted octanol–water partition coefficient (Wildman–Crippen LogP) is 2.46. The molecule has 2 heterocycles. The molecule has 0 radical (unpaired) electrons. The van der Waals surface area contributed by atoms with Crippen LogP contribution < -0.4 is 10.1 Å². The topological polar surface area (TPSA) is 64.1 Å². The number of hydrogen-bond donors (Lipinski definition) is 1. The predicted molar refractivity (Wildman–Crippen MR) is 75.8 cm³/mol. The molecule has 0 aliphatic heterocycles. The molecule has 0 saturated heterocycles. The second kappa shape index (κ2) is 6.86. The highest BCUT2D eigenvalue weighted by Gasteiger charge is 2.11. The molecule has 2 aromatic heterocycles. The summed E-state index contributed by atoms with van der Waals surface area (Å²) in [5.41, 5.74) is 1.15. The maximum absolute atomic E-state index is 12.0. The van der Waals surface area contributed by atoms with E-state index in [1.807, 2.05) is 13.0 Å². The number of carbonyl (C=O) groups is 1. The van der Waals surface area contributed by atoms with Crippen LogP contribution >= 0.6 is 11.6 Å². The van der Waals surface area contributed by atoms with E-state index in [-0.39, 0.29) is 11.1 Å². The minimum Gasteiger partial charge on any atom is -0.478 e. The van der Waals surface area contributed by atoms with Crippen molar-refractivity contribution in [3.05, 3.63) is 52.9 Å². The van der Waals surface area contributed by atoms with Crippen molar-refractivity contribution in [2.75, 3.05) is 6.61 Å². The van der Waals surface area contributed by atoms with Crippen molar-refractivity contribution in [3.63, 3.8) is 0 Å². The third kappa shape index (κ3) is 3.45. The summed E-state index contributed by atoms with van der Waals surface area (Å²) in [7, 11) is 0. The SMILES string of the molecule is CCOc1ncccc1CNC(=O)c1cccnc1Cl. The van der Waals surface area contributed by atoms with Crippen molar-refractivity contribution in [1.82, 2.24) is 15.3 Å². The summed E-state index contributed by atoms with van der Waals surface area (Å²) in [4.78, 5) is 20.0. The fourth-order valence-corrected chi connectivity index (χ4v) is 1.86. The molecule has 1 N–H and O–H groups in total. The molecule has 104 valence electrons. The summed E-state index contributed by atoms with van der Waals surface area (Å²) < 4.78 is 5.40. The third-order valence-corrected chi connectivity index (χ3v) is 2.88. The number of rotatable bonds is 5. The van der Waals surface area contributed by atoms with E-state index in [1.165, 1.54) is 6.20 Å². The summed E-state index contributed by atoms with van der Waals surface area (Å²) in [5, 5.41) is 2.95. The molecule has 0 aliphatic carbocycles. The molecule has 0 fully saturated rings. The minimum atomic E-state index is -0.283. The monoisotopic (exact) mass is 291 g/mol. The van der Waals surface area contributed by atoms with E-state index in [2.05, 4.69) is 15.3 Å². The fourth-order valence-electron chi connectivity index (χ4n) is 1.65. The number of aromatic nitrogens is 2. The Bertz CT molecular complexity index is 604. The van der Waals surface area contributed by atoms with Crippen LogP contribution in [0.5, 0.6) is 5.88 Å². The number of hydrogen-bond acceptors (Lipinski definition) is 4. The van der Waals surface area contributed by atoms with Gasteiger partial charge in [-0.1, -0.05) is 17.7 Å². The Balaban J connectivity index is 2.06. The maximum Gasteiger partial charge on any atom is 0.254 e. The van der Waals surface area contributed by atoms with Crippen molar-refractivity contribution in [3.8, 4) is 5.88 Å². The molecule has 20 heavy (non-hydrogen) atoms. The molecule has 2 aromatic rings. The molecule has 0 bridgehead atoms. The standard InChI is InChI=1S/C14H14ClN3O2/c1-2-20-14-10(5-3-8-17-14)9-18-13(19)11-6-4-7-16-12(11)15/h3-8H,2,9H2,1H3,(H,18,19). The quantitative estimate of drug-likeness (QED) is 0.860. The number of nitrogens with one attached hydrogen (secondary N) is 1. The van der Waals surface area contributed by atoms with Gasteiger partial charge in [0.1, 0.15) is 5.15 Å². The first-order valence-electron chi connectivity index (χ1n) is 6.17. The van der Waals surface area contributed by atoms with Crippen molar-refractivity contribution >= 4 is 17.5 Å². The van der Waals surface area contributed by atoms with E-state index in [1.54, 1.807) is 24.4 Å². The highest BCUT2D eigenvalue weighted by molar-refractivity contribution is 6.32. The van der Waals surface area contributed by atoms with E-state index in [9.17, 15) is 4.79 Å². The van der Waals surface area contributed by atoms with Gasteiger partial charge in [0, 0.05) is 24.5 Å². The van der Waals surface area contributed by atoms with Gasteiger partial charge < -0.3 is 10.1 Å². The minimum absolute atomic E-state index is 0.182. The second-order valence-electron chi connectivity index (χ2n) is 3.93. The average molecular weight is 292 g/mol. The van der Waals surface area contributed by atoms with E-state index in [0.29, 0.717) is 24.6 Å². The lowest BCUT2D eigenvalue weighted by Crippen LogP contribution is -2.23. The van der Waals surface area contributed by atoms with Gasteiger partial charge in [-0.2, -0.15) is 0 Å². The Hall–Kier alpha value is -2.14. The lowest BCUT2D eigenvalue weighted by Gasteiger charge is -2.10. The average Bonchev–Trinajstić information content (AvgIpc) is 2.47. The number of carbonyl (C=O) groups excluding carboxylic acids is 1. The van der Waals surface area contributed by atoms with E-state index in [4.69, 9.17) is 16.3 Å². The summed E-state index contributed by atoms with van der Waals surface area (Å²) >= 11 is 5.87. The molecule has 0 aromatic carbocycles. The van der Waals surface area contributed by atoms with Gasteiger partial charge in [-0.25, -0.2) is 9.97 Å². The van der Waals surface area contributed by atoms with E-state index in [0.717, 1.165) is 5.56 Å². The Morgan fingerprint density at radius 2 is 2.05 bits per heavy atom. The molecule has 2 rings (SSSR count). The maximum atomic E-state index is 12.0. The Kier molecular flexibility index (Phi) is 4.90. The zero-order valence-electron chi connectivity index (χ0n) is 11.0. The lowest BCUT2D eigenvalue weighted by molar-refractivity contribution is 0.0950. The molecule has 1 amide bonds. The van der Waals surface area contributed by atoms with E-state index < -0.39 is 0 Å². The molecule has 0 aliphatic rings. The van der Waals surface area contributed by atoms with Crippen LogP contribution in [0.4, 0.5) is 0 Å². The molecule has 5 nitrogen and oxygen atoms in total. The Morgan fingerprint density at radius 1 is 1.30 bits per heavy atom. The van der Waals surface area contributed by atoms with Crippen LogP contribution in [0.1, 0.15) is 22.8 Å². The largest absolute Gasteiger partial charge is 0.478 e. The van der Waals surface area contributed by atoms with Crippen molar-refractivity contribution in [1.29, 1.82) is 0 Å².